The fourth-order valence-corrected chi connectivity index (χ4v) is 2.50. The van der Waals surface area contributed by atoms with Crippen molar-refractivity contribution in [2.75, 3.05) is 53.4 Å². The molecule has 1 aromatic rings. The fraction of sp³-hybridized carbons (Fsp3) is 0.625. The second-order valence-electron chi connectivity index (χ2n) is 5.56. The number of nitrogens with one attached hydrogen (secondary N) is 1. The number of benzene rings is 1. The number of piperazine rings is 1. The van der Waals surface area contributed by atoms with Crippen molar-refractivity contribution < 1.29 is 0 Å². The van der Waals surface area contributed by atoms with Gasteiger partial charge in [-0.25, -0.2) is 0 Å². The average Bonchev–Trinajstić information content (AvgIpc) is 2.46. The van der Waals surface area contributed by atoms with Crippen molar-refractivity contribution in [1.29, 1.82) is 0 Å². The summed E-state index contributed by atoms with van der Waals surface area (Å²) in [5.74, 6) is 0. The molecule has 0 aromatic heterocycles. The zero-order valence-corrected chi connectivity index (χ0v) is 12.4. The lowest BCUT2D eigenvalue weighted by Gasteiger charge is -2.32. The lowest BCUT2D eigenvalue weighted by Crippen LogP contribution is -2.45. The zero-order chi connectivity index (χ0) is 13.5. The maximum atomic E-state index is 3.19. The Bertz CT molecular complexity index is 353. The Morgan fingerprint density at radius 3 is 2.11 bits per heavy atom. The molecule has 1 aromatic carbocycles. The lowest BCUT2D eigenvalue weighted by atomic mass is 10.1. The molecule has 1 N–H and O–H groups in total. The highest BCUT2D eigenvalue weighted by Crippen LogP contribution is 2.07. The first-order valence-corrected chi connectivity index (χ1v) is 7.41. The average molecular weight is 261 g/mol. The van der Waals surface area contributed by atoms with Crippen molar-refractivity contribution in [2.45, 2.75) is 12.8 Å². The monoisotopic (exact) mass is 261 g/mol. The van der Waals surface area contributed by atoms with Gasteiger partial charge in [0.15, 0.2) is 0 Å². The van der Waals surface area contributed by atoms with Crippen LogP contribution in [0.3, 0.4) is 0 Å². The summed E-state index contributed by atoms with van der Waals surface area (Å²) < 4.78 is 0. The van der Waals surface area contributed by atoms with Gasteiger partial charge in [0.1, 0.15) is 0 Å². The quantitative estimate of drug-likeness (QED) is 0.831. The van der Waals surface area contributed by atoms with E-state index in [0.717, 1.165) is 13.0 Å². The first-order valence-electron chi connectivity index (χ1n) is 7.41. The minimum Gasteiger partial charge on any atom is -0.319 e. The van der Waals surface area contributed by atoms with Crippen LogP contribution in [0.5, 0.6) is 0 Å². The molecule has 3 heteroatoms. The van der Waals surface area contributed by atoms with Crippen molar-refractivity contribution in [3.8, 4) is 0 Å². The maximum Gasteiger partial charge on any atom is 0.0110 e. The van der Waals surface area contributed by atoms with Crippen LogP contribution in [0.4, 0.5) is 0 Å². The highest BCUT2D eigenvalue weighted by molar-refractivity contribution is 5.23. The van der Waals surface area contributed by atoms with Crippen molar-refractivity contribution in [3.63, 3.8) is 0 Å². The van der Waals surface area contributed by atoms with Gasteiger partial charge in [-0.1, -0.05) is 24.3 Å². The summed E-state index contributed by atoms with van der Waals surface area (Å²) in [5.41, 5.74) is 2.89. The van der Waals surface area contributed by atoms with E-state index in [4.69, 9.17) is 0 Å². The molecule has 0 aliphatic carbocycles. The first kappa shape index (κ1) is 14.5. The molecule has 1 fully saturated rings. The van der Waals surface area contributed by atoms with Crippen LogP contribution < -0.4 is 5.32 Å². The number of rotatable bonds is 6. The second-order valence-corrected chi connectivity index (χ2v) is 5.56. The van der Waals surface area contributed by atoms with Crippen LogP contribution in [-0.2, 0) is 12.8 Å². The molecule has 0 atom stereocenters. The predicted octanol–water partition coefficient (Wildman–Crippen LogP) is 1.24. The molecular weight excluding hydrogens is 234 g/mol. The molecule has 0 unspecified atom stereocenters. The van der Waals surface area contributed by atoms with E-state index in [9.17, 15) is 0 Å². The zero-order valence-electron chi connectivity index (χ0n) is 12.4. The van der Waals surface area contributed by atoms with Gasteiger partial charge in [-0.05, 0) is 44.6 Å². The summed E-state index contributed by atoms with van der Waals surface area (Å²) in [6.45, 7) is 7.11. The predicted molar refractivity (Wildman–Crippen MR) is 81.7 cm³/mol. The number of nitrogens with zero attached hydrogens (tertiary/aromatic N) is 2. The van der Waals surface area contributed by atoms with Crippen molar-refractivity contribution in [2.24, 2.45) is 0 Å². The van der Waals surface area contributed by atoms with Gasteiger partial charge in [-0.2, -0.15) is 0 Å². The molecule has 0 spiro atoms. The van der Waals surface area contributed by atoms with Crippen LogP contribution in [0.15, 0.2) is 24.3 Å². The summed E-state index contributed by atoms with van der Waals surface area (Å²) in [4.78, 5) is 4.99. The molecule has 106 valence electrons. The van der Waals surface area contributed by atoms with E-state index in [1.807, 2.05) is 7.05 Å². The summed E-state index contributed by atoms with van der Waals surface area (Å²) in [5, 5.41) is 3.19. The first-order chi connectivity index (χ1) is 9.28. The van der Waals surface area contributed by atoms with Crippen molar-refractivity contribution in [1.82, 2.24) is 15.1 Å². The van der Waals surface area contributed by atoms with Gasteiger partial charge in [0.2, 0.25) is 0 Å². The maximum absolute atomic E-state index is 3.19. The molecule has 0 amide bonds. The summed E-state index contributed by atoms with van der Waals surface area (Å²) in [6.07, 6.45) is 2.30. The largest absolute Gasteiger partial charge is 0.319 e. The third-order valence-corrected chi connectivity index (χ3v) is 4.00. The molecule has 3 nitrogen and oxygen atoms in total. The third kappa shape index (κ3) is 4.94. The Morgan fingerprint density at radius 2 is 1.53 bits per heavy atom. The van der Waals surface area contributed by atoms with E-state index in [0.29, 0.717) is 0 Å². The molecule has 19 heavy (non-hydrogen) atoms. The fourth-order valence-electron chi connectivity index (χ4n) is 2.50. The smallest absolute Gasteiger partial charge is 0.0110 e. The van der Waals surface area contributed by atoms with E-state index in [-0.39, 0.29) is 0 Å². The van der Waals surface area contributed by atoms with Gasteiger partial charge in [-0.15, -0.1) is 0 Å². The molecule has 2 rings (SSSR count). The highest BCUT2D eigenvalue weighted by atomic mass is 15.2. The van der Waals surface area contributed by atoms with E-state index < -0.39 is 0 Å². The molecule has 1 heterocycles. The van der Waals surface area contributed by atoms with E-state index in [1.54, 1.807) is 0 Å². The molecule has 1 aliphatic rings. The van der Waals surface area contributed by atoms with Gasteiger partial charge < -0.3 is 15.1 Å². The van der Waals surface area contributed by atoms with E-state index in [2.05, 4.69) is 46.4 Å². The molecule has 0 radical (unpaired) electrons. The van der Waals surface area contributed by atoms with Crippen LogP contribution >= 0.6 is 0 Å². The molecular formula is C16H27N3. The van der Waals surface area contributed by atoms with Crippen molar-refractivity contribution >= 4 is 0 Å². The summed E-state index contributed by atoms with van der Waals surface area (Å²) >= 11 is 0. The van der Waals surface area contributed by atoms with E-state index >= 15 is 0 Å². The number of hydrogen-bond donors (Lipinski definition) is 1. The van der Waals surface area contributed by atoms with Gasteiger partial charge in [0, 0.05) is 32.7 Å². The van der Waals surface area contributed by atoms with Crippen LogP contribution in [0.25, 0.3) is 0 Å². The van der Waals surface area contributed by atoms with Crippen LogP contribution in [0.2, 0.25) is 0 Å². The minimum absolute atomic E-state index is 1.06. The third-order valence-electron chi connectivity index (χ3n) is 4.00. The van der Waals surface area contributed by atoms with Crippen LogP contribution in [0, 0.1) is 0 Å². The topological polar surface area (TPSA) is 18.5 Å². The van der Waals surface area contributed by atoms with Crippen LogP contribution in [-0.4, -0.2) is 63.2 Å². The second kappa shape index (κ2) is 7.63. The molecule has 1 aliphatic heterocycles. The standard InChI is InChI=1S/C16H27N3/c1-17-9-7-15-3-5-16(6-4-15)8-10-19-13-11-18(2)12-14-19/h3-6,17H,7-14H2,1-2H3. The number of likely N-dealkylation sites (N-methyl/N-ethyl adjacent to an activating group) is 2. The Balaban J connectivity index is 1.73. The van der Waals surface area contributed by atoms with E-state index in [1.165, 1.54) is 50.3 Å². The van der Waals surface area contributed by atoms with Crippen LogP contribution in [0.1, 0.15) is 11.1 Å². The van der Waals surface area contributed by atoms with Gasteiger partial charge >= 0.3 is 0 Å². The Labute approximate surface area is 117 Å². The van der Waals surface area contributed by atoms with Gasteiger partial charge in [0.25, 0.3) is 0 Å². The van der Waals surface area contributed by atoms with Gasteiger partial charge in [-0.3, -0.25) is 0 Å². The molecule has 1 saturated heterocycles. The molecule has 0 bridgehead atoms. The lowest BCUT2D eigenvalue weighted by molar-refractivity contribution is 0.155. The highest BCUT2D eigenvalue weighted by Gasteiger charge is 2.12. The Kier molecular flexibility index (Phi) is 5.83. The Morgan fingerprint density at radius 1 is 0.947 bits per heavy atom. The Hall–Kier alpha value is -0.900. The minimum atomic E-state index is 1.06. The SMILES string of the molecule is CNCCc1ccc(CCN2CCN(C)CC2)cc1. The molecule has 0 saturated carbocycles. The summed E-state index contributed by atoms with van der Waals surface area (Å²) in [6, 6.07) is 9.13. The number of hydrogen-bond acceptors (Lipinski definition) is 3. The summed E-state index contributed by atoms with van der Waals surface area (Å²) in [7, 11) is 4.21. The normalized spacial score (nSPS) is 17.8. The van der Waals surface area contributed by atoms with Crippen molar-refractivity contribution in [3.05, 3.63) is 35.4 Å². The van der Waals surface area contributed by atoms with Gasteiger partial charge in [0.05, 0.1) is 0 Å².